The van der Waals surface area contributed by atoms with Crippen molar-refractivity contribution in [1.29, 1.82) is 0 Å². The maximum absolute atomic E-state index is 4.75. The van der Waals surface area contributed by atoms with E-state index < -0.39 is 0 Å². The molecule has 19 heavy (non-hydrogen) atoms. The molecule has 3 aromatic rings. The van der Waals surface area contributed by atoms with Crippen LogP contribution in [0.25, 0.3) is 16.9 Å². The third-order valence-corrected chi connectivity index (χ3v) is 3.65. The van der Waals surface area contributed by atoms with Crippen LogP contribution in [0.1, 0.15) is 16.7 Å². The highest BCUT2D eigenvalue weighted by atomic mass is 79.9. The molecule has 0 saturated carbocycles. The topological polar surface area (TPSA) is 17.3 Å². The van der Waals surface area contributed by atoms with Gasteiger partial charge in [0.25, 0.3) is 0 Å². The third kappa shape index (κ3) is 2.30. The lowest BCUT2D eigenvalue weighted by molar-refractivity contribution is 1.15. The summed E-state index contributed by atoms with van der Waals surface area (Å²) in [6, 6.07) is 8.63. The minimum absolute atomic E-state index is 1.01. The Morgan fingerprint density at radius 2 is 1.63 bits per heavy atom. The zero-order valence-corrected chi connectivity index (χ0v) is 12.8. The second-order valence-electron chi connectivity index (χ2n) is 5.07. The van der Waals surface area contributed by atoms with Crippen LogP contribution in [0.15, 0.2) is 41.1 Å². The van der Waals surface area contributed by atoms with Gasteiger partial charge in [-0.3, -0.25) is 0 Å². The molecule has 0 spiro atoms. The molecule has 2 aromatic heterocycles. The monoisotopic (exact) mass is 314 g/mol. The first kappa shape index (κ1) is 12.4. The van der Waals surface area contributed by atoms with E-state index in [9.17, 15) is 0 Å². The lowest BCUT2D eigenvalue weighted by atomic mass is 10.1. The van der Waals surface area contributed by atoms with E-state index in [1.165, 1.54) is 22.3 Å². The Balaban J connectivity index is 2.23. The summed E-state index contributed by atoms with van der Waals surface area (Å²) < 4.78 is 3.15. The highest BCUT2D eigenvalue weighted by Gasteiger charge is 2.08. The van der Waals surface area contributed by atoms with Crippen LogP contribution >= 0.6 is 15.9 Å². The Morgan fingerprint density at radius 3 is 2.32 bits per heavy atom. The smallest absolute Gasteiger partial charge is 0.140 e. The van der Waals surface area contributed by atoms with Crippen molar-refractivity contribution in [1.82, 2.24) is 9.38 Å². The van der Waals surface area contributed by atoms with E-state index in [1.807, 2.05) is 6.20 Å². The quantitative estimate of drug-likeness (QED) is 0.637. The van der Waals surface area contributed by atoms with Crippen molar-refractivity contribution >= 4 is 21.6 Å². The van der Waals surface area contributed by atoms with E-state index in [4.69, 9.17) is 4.98 Å². The van der Waals surface area contributed by atoms with Gasteiger partial charge in [-0.1, -0.05) is 17.2 Å². The molecule has 0 N–H and O–H groups in total. The van der Waals surface area contributed by atoms with Crippen LogP contribution in [-0.2, 0) is 0 Å². The van der Waals surface area contributed by atoms with Crippen molar-refractivity contribution in [2.24, 2.45) is 0 Å². The molecule has 0 saturated heterocycles. The molecule has 3 rings (SSSR count). The average Bonchev–Trinajstić information content (AvgIpc) is 2.71. The number of rotatable bonds is 1. The SMILES string of the molecule is Cc1cc(C)cc(-c2cn3cc(Br)cc(C)c3n2)c1. The zero-order chi connectivity index (χ0) is 13.6. The summed E-state index contributed by atoms with van der Waals surface area (Å²) in [6.45, 7) is 6.32. The zero-order valence-electron chi connectivity index (χ0n) is 11.2. The Morgan fingerprint density at radius 1 is 0.947 bits per heavy atom. The fraction of sp³-hybridized carbons (Fsp3) is 0.188. The molecule has 96 valence electrons. The van der Waals surface area contributed by atoms with Crippen LogP contribution in [0.4, 0.5) is 0 Å². The average molecular weight is 315 g/mol. The Kier molecular flexibility index (Phi) is 2.94. The number of aromatic nitrogens is 2. The maximum atomic E-state index is 4.75. The molecule has 0 aliphatic heterocycles. The maximum Gasteiger partial charge on any atom is 0.140 e. The molecule has 1 aromatic carbocycles. The van der Waals surface area contributed by atoms with Crippen molar-refractivity contribution in [2.45, 2.75) is 20.8 Å². The molecule has 0 bridgehead atoms. The van der Waals surface area contributed by atoms with E-state index in [0.29, 0.717) is 0 Å². The van der Waals surface area contributed by atoms with E-state index >= 15 is 0 Å². The predicted molar refractivity (Wildman–Crippen MR) is 82.5 cm³/mol. The predicted octanol–water partition coefficient (Wildman–Crippen LogP) is 4.69. The van der Waals surface area contributed by atoms with Gasteiger partial charge in [-0.25, -0.2) is 4.98 Å². The minimum atomic E-state index is 1.01. The number of imidazole rings is 1. The Hall–Kier alpha value is -1.61. The molecule has 2 heterocycles. The Bertz CT molecular complexity index is 752. The van der Waals surface area contributed by atoms with Gasteiger partial charge in [0.15, 0.2) is 0 Å². The number of pyridine rings is 1. The fourth-order valence-electron chi connectivity index (χ4n) is 2.49. The second-order valence-corrected chi connectivity index (χ2v) is 5.99. The number of hydrogen-bond acceptors (Lipinski definition) is 1. The van der Waals surface area contributed by atoms with Gasteiger partial charge in [-0.2, -0.15) is 0 Å². The van der Waals surface area contributed by atoms with E-state index in [0.717, 1.165) is 15.8 Å². The number of halogens is 1. The number of fused-ring (bicyclic) bond motifs is 1. The van der Waals surface area contributed by atoms with Gasteiger partial charge in [-0.05, 0) is 60.5 Å². The molecule has 0 fully saturated rings. The molecule has 0 atom stereocenters. The summed E-state index contributed by atoms with van der Waals surface area (Å²) >= 11 is 3.52. The van der Waals surface area contributed by atoms with E-state index in [2.05, 4.69) is 71.6 Å². The van der Waals surface area contributed by atoms with E-state index in [-0.39, 0.29) is 0 Å². The van der Waals surface area contributed by atoms with Crippen LogP contribution in [0, 0.1) is 20.8 Å². The molecule has 0 unspecified atom stereocenters. The summed E-state index contributed by atoms with van der Waals surface area (Å²) in [6.07, 6.45) is 4.13. The van der Waals surface area contributed by atoms with Gasteiger partial charge < -0.3 is 4.40 Å². The second kappa shape index (κ2) is 4.49. The first-order chi connectivity index (χ1) is 9.02. The van der Waals surface area contributed by atoms with Gasteiger partial charge in [-0.15, -0.1) is 0 Å². The molecule has 0 aliphatic rings. The van der Waals surface area contributed by atoms with Gasteiger partial charge in [0.05, 0.1) is 5.69 Å². The summed E-state index contributed by atoms with van der Waals surface area (Å²) in [7, 11) is 0. The number of nitrogens with zero attached hydrogens (tertiary/aromatic N) is 2. The van der Waals surface area contributed by atoms with Crippen LogP contribution in [0.5, 0.6) is 0 Å². The lowest BCUT2D eigenvalue weighted by Crippen LogP contribution is -1.86. The molecule has 0 radical (unpaired) electrons. The van der Waals surface area contributed by atoms with Crippen molar-refractivity contribution in [3.63, 3.8) is 0 Å². The van der Waals surface area contributed by atoms with Crippen molar-refractivity contribution < 1.29 is 0 Å². The minimum Gasteiger partial charge on any atom is -0.305 e. The molecular weight excluding hydrogens is 300 g/mol. The van der Waals surface area contributed by atoms with Gasteiger partial charge in [0, 0.05) is 22.4 Å². The van der Waals surface area contributed by atoms with Gasteiger partial charge >= 0.3 is 0 Å². The van der Waals surface area contributed by atoms with Crippen molar-refractivity contribution in [3.8, 4) is 11.3 Å². The van der Waals surface area contributed by atoms with Crippen LogP contribution < -0.4 is 0 Å². The van der Waals surface area contributed by atoms with Gasteiger partial charge in [0.1, 0.15) is 5.65 Å². The number of benzene rings is 1. The first-order valence-corrected chi connectivity index (χ1v) is 7.06. The molecule has 2 nitrogen and oxygen atoms in total. The van der Waals surface area contributed by atoms with E-state index in [1.54, 1.807) is 0 Å². The largest absolute Gasteiger partial charge is 0.305 e. The molecule has 3 heteroatoms. The fourth-order valence-corrected chi connectivity index (χ4v) is 3.05. The highest BCUT2D eigenvalue weighted by Crippen LogP contribution is 2.24. The molecule has 0 aliphatic carbocycles. The number of aryl methyl sites for hydroxylation is 3. The summed E-state index contributed by atoms with van der Waals surface area (Å²) in [4.78, 5) is 4.75. The van der Waals surface area contributed by atoms with Crippen molar-refractivity contribution in [3.05, 3.63) is 57.8 Å². The summed E-state index contributed by atoms with van der Waals surface area (Å²) in [5, 5.41) is 0. The van der Waals surface area contributed by atoms with Crippen LogP contribution in [0.3, 0.4) is 0 Å². The molecular formula is C16H15BrN2. The number of hydrogen-bond donors (Lipinski definition) is 0. The standard InChI is InChI=1S/C16H15BrN2/c1-10-4-11(2)6-13(5-10)15-9-19-8-14(17)7-12(3)16(19)18-15/h4-9H,1-3H3. The highest BCUT2D eigenvalue weighted by molar-refractivity contribution is 9.10. The van der Waals surface area contributed by atoms with Crippen molar-refractivity contribution in [2.75, 3.05) is 0 Å². The first-order valence-electron chi connectivity index (χ1n) is 6.26. The molecule has 0 amide bonds. The summed E-state index contributed by atoms with van der Waals surface area (Å²) in [5.41, 5.74) is 6.92. The van der Waals surface area contributed by atoms with Crippen LogP contribution in [0.2, 0.25) is 0 Å². The van der Waals surface area contributed by atoms with Crippen LogP contribution in [-0.4, -0.2) is 9.38 Å². The Labute approximate surface area is 121 Å². The normalized spacial score (nSPS) is 11.2. The summed E-state index contributed by atoms with van der Waals surface area (Å²) in [5.74, 6) is 0. The van der Waals surface area contributed by atoms with Gasteiger partial charge in [0.2, 0.25) is 0 Å². The third-order valence-electron chi connectivity index (χ3n) is 3.22. The lowest BCUT2D eigenvalue weighted by Gasteiger charge is -2.01.